The Morgan fingerprint density at radius 3 is 2.09 bits per heavy atom. The maximum absolute atomic E-state index is 11.5. The van der Waals surface area contributed by atoms with Crippen LogP contribution in [0.4, 0.5) is 13.2 Å². The maximum Gasteiger partial charge on any atom is 0.490 e. The quantitative estimate of drug-likeness (QED) is 0.523. The monoisotopic (exact) mass is 366 g/mol. The van der Waals surface area contributed by atoms with E-state index < -0.39 is 34.2 Å². The Morgan fingerprint density at radius 2 is 1.78 bits per heavy atom. The van der Waals surface area contributed by atoms with Gasteiger partial charge in [0.05, 0.1) is 12.4 Å². The molecule has 1 atom stereocenters. The van der Waals surface area contributed by atoms with Crippen LogP contribution < -0.4 is 10.5 Å². The van der Waals surface area contributed by atoms with E-state index in [1.165, 1.54) is 0 Å². The lowest BCUT2D eigenvalue weighted by molar-refractivity contribution is -0.192. The summed E-state index contributed by atoms with van der Waals surface area (Å²) in [5.41, 5.74) is 5.31. The summed E-state index contributed by atoms with van der Waals surface area (Å²) in [6.07, 6.45) is -3.76. The number of carbonyl (C=O) groups is 2. The number of rotatable bonds is 8. The summed E-state index contributed by atoms with van der Waals surface area (Å²) in [5.74, 6) is -3.39. The van der Waals surface area contributed by atoms with Crippen LogP contribution in [0.15, 0.2) is 0 Å². The Balaban J connectivity index is 0. The Kier molecular flexibility index (Phi) is 11.6. The predicted octanol–water partition coefficient (Wildman–Crippen LogP) is 0.230. The van der Waals surface area contributed by atoms with E-state index in [4.69, 9.17) is 20.4 Å². The summed E-state index contributed by atoms with van der Waals surface area (Å²) < 4.78 is 61.7. The van der Waals surface area contributed by atoms with Gasteiger partial charge in [-0.2, -0.15) is 17.9 Å². The first-order chi connectivity index (χ1) is 10.4. The standard InChI is InChI=1S/C9H20N2O4S.C2HF3O2/c1-3-5-6-16(13,14)11-8(7-10)9(12)15-4-2;3-2(4,5)1(6)7/h8,11H,3-7,10H2,1-2H3;(H,6,7)/t8-;/m0./s1. The predicted molar refractivity (Wildman–Crippen MR) is 75.0 cm³/mol. The van der Waals surface area contributed by atoms with Crippen molar-refractivity contribution < 1.29 is 41.0 Å². The van der Waals surface area contributed by atoms with Crippen LogP contribution in [-0.4, -0.2) is 56.6 Å². The first-order valence-corrected chi connectivity index (χ1v) is 8.23. The van der Waals surface area contributed by atoms with Gasteiger partial charge in [-0.1, -0.05) is 13.3 Å². The summed E-state index contributed by atoms with van der Waals surface area (Å²) >= 11 is 0. The third kappa shape index (κ3) is 12.8. The summed E-state index contributed by atoms with van der Waals surface area (Å²) in [6, 6.07) is -0.984. The number of carboxylic acid groups (broad SMARTS) is 1. The molecule has 0 aliphatic heterocycles. The molecule has 0 aliphatic rings. The third-order valence-electron chi connectivity index (χ3n) is 2.14. The highest BCUT2D eigenvalue weighted by atomic mass is 32.2. The van der Waals surface area contributed by atoms with Crippen LogP contribution in [0.1, 0.15) is 26.7 Å². The summed E-state index contributed by atoms with van der Waals surface area (Å²) in [7, 11) is -3.45. The molecule has 23 heavy (non-hydrogen) atoms. The Morgan fingerprint density at radius 1 is 1.30 bits per heavy atom. The smallest absolute Gasteiger partial charge is 0.475 e. The highest BCUT2D eigenvalue weighted by Crippen LogP contribution is 2.13. The average molecular weight is 366 g/mol. The summed E-state index contributed by atoms with van der Waals surface area (Å²) in [5, 5.41) is 7.12. The second kappa shape index (κ2) is 11.2. The zero-order valence-electron chi connectivity index (χ0n) is 12.7. The summed E-state index contributed by atoms with van der Waals surface area (Å²) in [4.78, 5) is 20.2. The van der Waals surface area contributed by atoms with E-state index in [-0.39, 0.29) is 18.9 Å². The molecule has 0 radical (unpaired) electrons. The van der Waals surface area contributed by atoms with Gasteiger partial charge in [0.25, 0.3) is 0 Å². The van der Waals surface area contributed by atoms with Gasteiger partial charge in [-0.3, -0.25) is 4.79 Å². The minimum Gasteiger partial charge on any atom is -0.475 e. The lowest BCUT2D eigenvalue weighted by atomic mass is 10.3. The molecular weight excluding hydrogens is 345 g/mol. The van der Waals surface area contributed by atoms with Crippen molar-refractivity contribution in [2.75, 3.05) is 18.9 Å². The van der Waals surface area contributed by atoms with Crippen molar-refractivity contribution in [1.82, 2.24) is 4.72 Å². The number of unbranched alkanes of at least 4 members (excludes halogenated alkanes) is 1. The van der Waals surface area contributed by atoms with Crippen LogP contribution in [0.25, 0.3) is 0 Å². The largest absolute Gasteiger partial charge is 0.490 e. The Bertz CT molecular complexity index is 467. The molecule has 0 heterocycles. The van der Waals surface area contributed by atoms with Gasteiger partial charge in [0.15, 0.2) is 0 Å². The van der Waals surface area contributed by atoms with Crippen molar-refractivity contribution in [1.29, 1.82) is 0 Å². The van der Waals surface area contributed by atoms with E-state index in [1.807, 2.05) is 6.92 Å². The topological polar surface area (TPSA) is 136 Å². The number of ether oxygens (including phenoxy) is 1. The lowest BCUT2D eigenvalue weighted by Crippen LogP contribution is -2.47. The molecule has 0 aromatic rings. The zero-order valence-corrected chi connectivity index (χ0v) is 13.5. The molecule has 0 saturated heterocycles. The second-order valence-corrected chi connectivity index (χ2v) is 6.01. The molecule has 12 heteroatoms. The molecule has 138 valence electrons. The van der Waals surface area contributed by atoms with Crippen LogP contribution in [-0.2, 0) is 24.3 Å². The first-order valence-electron chi connectivity index (χ1n) is 6.58. The maximum atomic E-state index is 11.5. The van der Waals surface area contributed by atoms with Gasteiger partial charge < -0.3 is 15.6 Å². The Hall–Kier alpha value is -1.40. The zero-order chi connectivity index (χ0) is 18.7. The SMILES string of the molecule is CCCCS(=O)(=O)N[C@@H](CN)C(=O)OCC.O=C(O)C(F)(F)F. The second-order valence-electron chi connectivity index (χ2n) is 4.13. The summed E-state index contributed by atoms with van der Waals surface area (Å²) in [6.45, 7) is 3.63. The van der Waals surface area contributed by atoms with Crippen molar-refractivity contribution >= 4 is 22.0 Å². The number of carbonyl (C=O) groups excluding carboxylic acids is 1. The molecule has 8 nitrogen and oxygen atoms in total. The molecule has 0 aliphatic carbocycles. The fourth-order valence-electron chi connectivity index (χ4n) is 1.05. The van der Waals surface area contributed by atoms with Gasteiger partial charge in [-0.05, 0) is 13.3 Å². The number of nitrogens with two attached hydrogens (primary N) is 1. The van der Waals surface area contributed by atoms with Crippen LogP contribution in [0.3, 0.4) is 0 Å². The van der Waals surface area contributed by atoms with Crippen molar-refractivity contribution in [3.63, 3.8) is 0 Å². The fourth-order valence-corrected chi connectivity index (χ4v) is 2.46. The van der Waals surface area contributed by atoms with E-state index in [9.17, 15) is 26.4 Å². The van der Waals surface area contributed by atoms with Gasteiger partial charge in [0.2, 0.25) is 10.0 Å². The number of aliphatic carboxylic acids is 1. The normalized spacial score (nSPS) is 12.8. The van der Waals surface area contributed by atoms with Crippen molar-refractivity contribution in [3.05, 3.63) is 0 Å². The minimum absolute atomic E-state index is 0.000590. The molecule has 0 aromatic carbocycles. The van der Waals surface area contributed by atoms with E-state index in [1.54, 1.807) is 6.92 Å². The molecule has 0 saturated carbocycles. The van der Waals surface area contributed by atoms with Gasteiger partial charge in [0, 0.05) is 6.54 Å². The highest BCUT2D eigenvalue weighted by molar-refractivity contribution is 7.89. The molecule has 0 unspecified atom stereocenters. The van der Waals surface area contributed by atoms with Crippen LogP contribution in [0.2, 0.25) is 0 Å². The van der Waals surface area contributed by atoms with E-state index >= 15 is 0 Å². The first kappa shape index (κ1) is 23.9. The van der Waals surface area contributed by atoms with Gasteiger partial charge >= 0.3 is 18.1 Å². The molecule has 0 fully saturated rings. The number of carboxylic acids is 1. The fraction of sp³-hybridized carbons (Fsp3) is 0.818. The number of hydrogen-bond acceptors (Lipinski definition) is 6. The Labute approximate surface area is 132 Å². The minimum atomic E-state index is -5.08. The molecule has 0 aromatic heterocycles. The number of halogens is 3. The lowest BCUT2D eigenvalue weighted by Gasteiger charge is -2.15. The highest BCUT2D eigenvalue weighted by Gasteiger charge is 2.38. The number of alkyl halides is 3. The van der Waals surface area contributed by atoms with Crippen LogP contribution in [0, 0.1) is 0 Å². The van der Waals surface area contributed by atoms with Crippen LogP contribution >= 0.6 is 0 Å². The van der Waals surface area contributed by atoms with Crippen LogP contribution in [0.5, 0.6) is 0 Å². The van der Waals surface area contributed by atoms with Crippen molar-refractivity contribution in [3.8, 4) is 0 Å². The molecule has 0 rings (SSSR count). The molecular formula is C11H21F3N2O6S. The average Bonchev–Trinajstić information content (AvgIpc) is 2.42. The van der Waals surface area contributed by atoms with E-state index in [0.29, 0.717) is 6.42 Å². The van der Waals surface area contributed by atoms with Gasteiger partial charge in [-0.15, -0.1) is 0 Å². The van der Waals surface area contributed by atoms with E-state index in [2.05, 4.69) is 4.72 Å². The van der Waals surface area contributed by atoms with Crippen molar-refractivity contribution in [2.45, 2.75) is 38.9 Å². The van der Waals surface area contributed by atoms with Crippen molar-refractivity contribution in [2.24, 2.45) is 5.73 Å². The third-order valence-corrected chi connectivity index (χ3v) is 3.61. The molecule has 0 bridgehead atoms. The number of esters is 1. The number of sulfonamides is 1. The molecule has 4 N–H and O–H groups in total. The van der Waals surface area contributed by atoms with Gasteiger partial charge in [-0.25, -0.2) is 13.2 Å². The number of hydrogen-bond donors (Lipinski definition) is 3. The molecule has 0 spiro atoms. The number of nitrogens with one attached hydrogen (secondary N) is 1. The van der Waals surface area contributed by atoms with Gasteiger partial charge in [0.1, 0.15) is 6.04 Å². The van der Waals surface area contributed by atoms with E-state index in [0.717, 1.165) is 6.42 Å². The molecule has 0 amide bonds.